The molecule has 2 heterocycles. The zero-order valence-corrected chi connectivity index (χ0v) is 18.2. The van der Waals surface area contributed by atoms with Crippen LogP contribution in [-0.2, 0) is 14.8 Å². The number of nitrogens with zero attached hydrogens (tertiary/aromatic N) is 3. The van der Waals surface area contributed by atoms with E-state index >= 15 is 0 Å². The number of carbonyl (C=O) groups excluding carboxylic acids is 1. The molecule has 1 aromatic carbocycles. The van der Waals surface area contributed by atoms with Gasteiger partial charge < -0.3 is 4.90 Å². The zero-order valence-electron chi connectivity index (χ0n) is 17.4. The number of likely N-dealkylation sites (tertiary alicyclic amines) is 1. The van der Waals surface area contributed by atoms with E-state index in [1.807, 2.05) is 30.9 Å². The van der Waals surface area contributed by atoms with Crippen molar-refractivity contribution in [2.75, 3.05) is 39.3 Å². The van der Waals surface area contributed by atoms with Crippen LogP contribution in [0.25, 0.3) is 0 Å². The molecular formula is C21H33N3O3S. The highest BCUT2D eigenvalue weighted by Gasteiger charge is 2.32. The van der Waals surface area contributed by atoms with Crippen molar-refractivity contribution in [3.8, 4) is 0 Å². The van der Waals surface area contributed by atoms with E-state index in [1.165, 1.54) is 6.42 Å². The van der Waals surface area contributed by atoms with Crippen molar-refractivity contribution in [2.45, 2.75) is 57.4 Å². The molecule has 6 nitrogen and oxygen atoms in total. The molecule has 2 saturated heterocycles. The van der Waals surface area contributed by atoms with Gasteiger partial charge in [0.25, 0.3) is 0 Å². The summed E-state index contributed by atoms with van der Waals surface area (Å²) in [6.07, 6.45) is 4.40. The van der Waals surface area contributed by atoms with E-state index in [0.717, 1.165) is 36.9 Å². The molecule has 0 spiro atoms. The summed E-state index contributed by atoms with van der Waals surface area (Å²) in [4.78, 5) is 17.3. The van der Waals surface area contributed by atoms with Gasteiger partial charge in [0.15, 0.2) is 0 Å². The van der Waals surface area contributed by atoms with E-state index in [1.54, 1.807) is 10.4 Å². The summed E-state index contributed by atoms with van der Waals surface area (Å²) in [5.74, 6) is 0.192. The summed E-state index contributed by atoms with van der Waals surface area (Å²) in [7, 11) is -3.48. The van der Waals surface area contributed by atoms with Gasteiger partial charge in [-0.3, -0.25) is 9.69 Å². The third kappa shape index (κ3) is 4.58. The minimum Gasteiger partial charge on any atom is -0.339 e. The van der Waals surface area contributed by atoms with E-state index in [0.29, 0.717) is 43.7 Å². The largest absolute Gasteiger partial charge is 0.339 e. The third-order valence-corrected chi connectivity index (χ3v) is 8.12. The van der Waals surface area contributed by atoms with Gasteiger partial charge in [-0.2, -0.15) is 4.31 Å². The van der Waals surface area contributed by atoms with E-state index in [9.17, 15) is 13.2 Å². The smallest absolute Gasteiger partial charge is 0.243 e. The molecule has 1 amide bonds. The highest BCUT2D eigenvalue weighted by Crippen LogP contribution is 2.23. The van der Waals surface area contributed by atoms with Gasteiger partial charge >= 0.3 is 0 Å². The van der Waals surface area contributed by atoms with Crippen LogP contribution in [0.3, 0.4) is 0 Å². The molecule has 2 aliphatic rings. The maximum absolute atomic E-state index is 13.0. The molecular weight excluding hydrogens is 374 g/mol. The van der Waals surface area contributed by atoms with Crippen LogP contribution < -0.4 is 0 Å². The van der Waals surface area contributed by atoms with Crippen molar-refractivity contribution in [3.05, 3.63) is 29.3 Å². The number of sulfonamides is 1. The third-order valence-electron chi connectivity index (χ3n) is 6.06. The van der Waals surface area contributed by atoms with Crippen molar-refractivity contribution in [1.82, 2.24) is 14.1 Å². The molecule has 0 aromatic heterocycles. The lowest BCUT2D eigenvalue weighted by molar-refractivity contribution is -0.136. The lowest BCUT2D eigenvalue weighted by Crippen LogP contribution is -2.53. The number of rotatable bonds is 5. The standard InChI is InChI=1S/C21H33N3O3S/c1-4-19-7-5-6-10-24(19)21(25)16-22-11-13-23(14-12-22)28(26,27)20-9-8-17(2)15-18(20)3/h8-9,15,19H,4-7,10-14,16H2,1-3H3/t19-/m1/s1. The lowest BCUT2D eigenvalue weighted by atomic mass is 10.00. The van der Waals surface area contributed by atoms with Crippen molar-refractivity contribution < 1.29 is 13.2 Å². The first-order valence-corrected chi connectivity index (χ1v) is 11.9. The first-order valence-electron chi connectivity index (χ1n) is 10.4. The lowest BCUT2D eigenvalue weighted by Gasteiger charge is -2.38. The predicted octanol–water partition coefficient (Wildman–Crippen LogP) is 2.40. The molecule has 28 heavy (non-hydrogen) atoms. The Bertz CT molecular complexity index is 801. The Morgan fingerprint density at radius 1 is 1.07 bits per heavy atom. The van der Waals surface area contributed by atoms with Crippen LogP contribution in [0.2, 0.25) is 0 Å². The molecule has 0 bridgehead atoms. The van der Waals surface area contributed by atoms with Crippen LogP contribution in [0.4, 0.5) is 0 Å². The molecule has 2 aliphatic heterocycles. The molecule has 3 rings (SSSR count). The number of piperazine rings is 1. The SMILES string of the molecule is CC[C@@H]1CCCCN1C(=O)CN1CCN(S(=O)(=O)c2ccc(C)cc2C)CC1. The molecule has 0 N–H and O–H groups in total. The van der Waals surface area contributed by atoms with Gasteiger partial charge in [0.05, 0.1) is 11.4 Å². The van der Waals surface area contributed by atoms with E-state index in [-0.39, 0.29) is 5.91 Å². The Morgan fingerprint density at radius 3 is 2.43 bits per heavy atom. The first kappa shape index (κ1) is 21.3. The summed E-state index contributed by atoms with van der Waals surface area (Å²) in [5, 5.41) is 0. The van der Waals surface area contributed by atoms with Gasteiger partial charge in [-0.15, -0.1) is 0 Å². The molecule has 156 valence electrons. The number of piperidine rings is 1. The molecule has 0 aliphatic carbocycles. The van der Waals surface area contributed by atoms with Gasteiger partial charge in [0.2, 0.25) is 15.9 Å². The monoisotopic (exact) mass is 407 g/mol. The average molecular weight is 408 g/mol. The van der Waals surface area contributed by atoms with Gasteiger partial charge in [0.1, 0.15) is 0 Å². The molecule has 2 fully saturated rings. The fourth-order valence-corrected chi connectivity index (χ4v) is 6.02. The topological polar surface area (TPSA) is 60.9 Å². The van der Waals surface area contributed by atoms with E-state index < -0.39 is 10.0 Å². The highest BCUT2D eigenvalue weighted by molar-refractivity contribution is 7.89. The molecule has 0 saturated carbocycles. The molecule has 1 aromatic rings. The maximum Gasteiger partial charge on any atom is 0.243 e. The van der Waals surface area contributed by atoms with Crippen LogP contribution in [0.1, 0.15) is 43.7 Å². The number of amides is 1. The summed E-state index contributed by atoms with van der Waals surface area (Å²) in [6, 6.07) is 5.83. The average Bonchev–Trinajstić information content (AvgIpc) is 2.68. The van der Waals surface area contributed by atoms with Crippen molar-refractivity contribution >= 4 is 15.9 Å². The highest BCUT2D eigenvalue weighted by atomic mass is 32.2. The van der Waals surface area contributed by atoms with E-state index in [4.69, 9.17) is 0 Å². The second kappa shape index (κ2) is 8.93. The van der Waals surface area contributed by atoms with Crippen LogP contribution >= 0.6 is 0 Å². The number of carbonyl (C=O) groups is 1. The van der Waals surface area contributed by atoms with Crippen molar-refractivity contribution in [3.63, 3.8) is 0 Å². The minimum atomic E-state index is -3.48. The van der Waals surface area contributed by atoms with Crippen LogP contribution in [-0.4, -0.2) is 73.7 Å². The summed E-state index contributed by atoms with van der Waals surface area (Å²) < 4.78 is 27.6. The molecule has 0 unspecified atom stereocenters. The molecule has 7 heteroatoms. The maximum atomic E-state index is 13.0. The predicted molar refractivity (Wildman–Crippen MR) is 111 cm³/mol. The molecule has 1 atom stereocenters. The van der Waals surface area contributed by atoms with Crippen LogP contribution in [0.5, 0.6) is 0 Å². The Labute approximate surface area is 169 Å². The van der Waals surface area contributed by atoms with E-state index in [2.05, 4.69) is 11.8 Å². The Hall–Kier alpha value is -1.44. The van der Waals surface area contributed by atoms with Gasteiger partial charge in [0, 0.05) is 38.8 Å². The first-order chi connectivity index (χ1) is 13.3. The Balaban J connectivity index is 1.59. The molecule has 0 radical (unpaired) electrons. The summed E-state index contributed by atoms with van der Waals surface area (Å²) >= 11 is 0. The van der Waals surface area contributed by atoms with Crippen molar-refractivity contribution in [2.24, 2.45) is 0 Å². The Morgan fingerprint density at radius 2 is 1.79 bits per heavy atom. The van der Waals surface area contributed by atoms with Gasteiger partial charge in [-0.1, -0.05) is 24.6 Å². The van der Waals surface area contributed by atoms with Gasteiger partial charge in [-0.05, 0) is 51.2 Å². The minimum absolute atomic E-state index is 0.192. The number of hydrogen-bond acceptors (Lipinski definition) is 4. The number of hydrogen-bond donors (Lipinski definition) is 0. The van der Waals surface area contributed by atoms with Crippen LogP contribution in [0.15, 0.2) is 23.1 Å². The van der Waals surface area contributed by atoms with Gasteiger partial charge in [-0.25, -0.2) is 8.42 Å². The quantitative estimate of drug-likeness (QED) is 0.752. The van der Waals surface area contributed by atoms with Crippen molar-refractivity contribution in [1.29, 1.82) is 0 Å². The Kier molecular flexibility index (Phi) is 6.78. The number of benzene rings is 1. The van der Waals surface area contributed by atoms with Crippen LogP contribution in [0, 0.1) is 13.8 Å². The fraction of sp³-hybridized carbons (Fsp3) is 0.667. The summed E-state index contributed by atoms with van der Waals surface area (Å²) in [5.41, 5.74) is 1.84. The second-order valence-electron chi connectivity index (χ2n) is 8.09. The second-order valence-corrected chi connectivity index (χ2v) is 10.0. The normalized spacial score (nSPS) is 22.4. The zero-order chi connectivity index (χ0) is 20.3. The number of aryl methyl sites for hydroxylation is 2. The summed E-state index contributed by atoms with van der Waals surface area (Å²) in [6.45, 7) is 9.27. The fourth-order valence-electron chi connectivity index (χ4n) is 4.39.